The number of aromatic hydroxyl groups is 3. The van der Waals surface area contributed by atoms with E-state index in [9.17, 15) is 51.3 Å². The van der Waals surface area contributed by atoms with Crippen LogP contribution in [0.5, 0.6) is 17.2 Å². The number of thiophene rings is 2. The Labute approximate surface area is 739 Å². The molecular formula is C91H103Cl3N12O12S4. The Morgan fingerprint density at radius 2 is 0.885 bits per heavy atom. The molecule has 4 amide bonds. The van der Waals surface area contributed by atoms with Crippen molar-refractivity contribution in [2.75, 3.05) is 42.2 Å². The number of nitrogens with zero attached hydrogens (tertiary/aromatic N) is 8. The number of aryl methyl sites for hydroxylation is 6. The van der Waals surface area contributed by atoms with Crippen molar-refractivity contribution in [3.05, 3.63) is 231 Å². The standard InChI is InChI=1S/C31H36N4O4.C29H28N4O4S2.C25H26N4O2.C4H3ClO2S2.2CH4.2ClH/c1-21-9-16-27(36)25(18-21)29-23(19-34(5)33-29)13-10-22-11-14-24(15-12-22)32-30(38)26-8-6-7-17-35(26)28(37)20-39-31(2,3)4;1-20-8-15-26(34)24(18-20)28-22(19-32(2)31-28)12-9-21-10-13-23(14-11-21)30-29(35)25-6-3-4-16-33(25)39(36,37)27-7-5-17-38-27;1-17-6-13-23(30)21(15-17)24-19(16-29(2)28-24)10-7-18-8-11-20(12-9-18)27-25(31)22-5-3-4-14-26-22;5-9(6,7)4-2-1-3-8-4;;;;/h9,11-12,14-16,18-19,26,36H,6-8,17,20H2,1-5H3,(H,32,38);5,7-8,10-11,13-15,17-19,25,34H,3-4,6,16H2,1-2H3,(H,30,35);6,8-9,11-13,15-16,22,26,30H,3-5,14H2,1-2H3,(H,27,31);1-3H;2*1H4;2*1H. The number of likely N-dealkylation sites (tertiary alicyclic amines) is 1. The molecule has 24 nitrogen and oxygen atoms in total. The van der Waals surface area contributed by atoms with Crippen LogP contribution in [0.1, 0.15) is 143 Å². The zero-order chi connectivity index (χ0) is 84.4. The molecule has 6 aromatic carbocycles. The van der Waals surface area contributed by atoms with Gasteiger partial charge in [-0.3, -0.25) is 33.2 Å². The number of halogens is 3. The maximum absolute atomic E-state index is 13.1. The van der Waals surface area contributed by atoms with E-state index in [0.29, 0.717) is 82.2 Å². The van der Waals surface area contributed by atoms with Crippen LogP contribution in [-0.2, 0) is 64.1 Å². The Balaban J connectivity index is 0.000000236. The Bertz CT molecular complexity index is 5850. The van der Waals surface area contributed by atoms with Crippen molar-refractivity contribution in [3.63, 3.8) is 0 Å². The molecule has 3 atom stereocenters. The van der Waals surface area contributed by atoms with Gasteiger partial charge in [0.2, 0.25) is 23.6 Å². The van der Waals surface area contributed by atoms with Crippen molar-refractivity contribution in [1.82, 2.24) is 43.9 Å². The van der Waals surface area contributed by atoms with Gasteiger partial charge in [-0.05, 0) is 225 Å². The maximum Gasteiger partial charge on any atom is 0.270 e. The van der Waals surface area contributed by atoms with Gasteiger partial charge in [0.1, 0.15) is 61.4 Å². The number of ether oxygens (including phenoxy) is 1. The quantitative estimate of drug-likeness (QED) is 0.0393. The fraction of sp³-hybridized carbons (Fsp3) is 0.308. The first-order valence-electron chi connectivity index (χ1n) is 38.3. The second-order valence-electron chi connectivity index (χ2n) is 29.6. The highest BCUT2D eigenvalue weighted by atomic mass is 35.7. The van der Waals surface area contributed by atoms with Gasteiger partial charge < -0.3 is 46.2 Å². The number of nitrogens with one attached hydrogen (secondary N) is 4. The van der Waals surface area contributed by atoms with Gasteiger partial charge in [0.25, 0.3) is 19.1 Å². The lowest BCUT2D eigenvalue weighted by molar-refractivity contribution is -0.148. The Hall–Kier alpha value is -11.0. The highest BCUT2D eigenvalue weighted by Gasteiger charge is 2.39. The SMILES string of the molecule is C.C.Cc1ccc(O)c(-c2nn(C)cc2C#Cc2ccc(NC(=O)C3CCCCN3)cc2)c1.Cc1ccc(O)c(-c2nn(C)cc2C#Cc2ccc(NC(=O)C3CCCCN3C(=O)COC(C)(C)C)cc2)c1.Cc1ccc(O)c(-c2nn(C)cc2C#Cc2ccc(NC(=O)C3CCCCN3S(=O)(=O)c3cccs3)cc2)c1.Cl.Cl.O=S(=O)(Cl)c1cccs1. The molecule has 644 valence electrons. The van der Waals surface area contributed by atoms with Crippen LogP contribution in [-0.4, -0.2) is 144 Å². The topological polar surface area (TPSA) is 315 Å². The third kappa shape index (κ3) is 27.0. The van der Waals surface area contributed by atoms with Gasteiger partial charge in [-0.2, -0.15) is 19.6 Å². The fourth-order valence-corrected chi connectivity index (χ4v) is 17.8. The Morgan fingerprint density at radius 1 is 0.508 bits per heavy atom. The van der Waals surface area contributed by atoms with Crippen LogP contribution < -0.4 is 21.3 Å². The number of carbonyl (C=O) groups is 4. The summed E-state index contributed by atoms with van der Waals surface area (Å²) in [7, 11) is 3.25. The molecule has 8 heterocycles. The van der Waals surface area contributed by atoms with Crippen molar-refractivity contribution in [1.29, 1.82) is 0 Å². The van der Waals surface area contributed by atoms with Crippen molar-refractivity contribution in [3.8, 4) is 86.5 Å². The van der Waals surface area contributed by atoms with E-state index < -0.39 is 36.8 Å². The summed E-state index contributed by atoms with van der Waals surface area (Å²) in [5.41, 5.74) is 12.9. The number of aromatic nitrogens is 6. The van der Waals surface area contributed by atoms with E-state index in [1.54, 1.807) is 116 Å². The predicted molar refractivity (Wildman–Crippen MR) is 490 cm³/mol. The first kappa shape index (κ1) is 98.1. The minimum Gasteiger partial charge on any atom is -0.507 e. The number of hydrogen-bond acceptors (Lipinski definition) is 18. The number of carbonyl (C=O) groups excluding carboxylic acids is 4. The van der Waals surface area contributed by atoms with Crippen LogP contribution in [0, 0.1) is 56.3 Å². The van der Waals surface area contributed by atoms with Gasteiger partial charge in [0, 0.05) is 114 Å². The molecule has 3 unspecified atom stereocenters. The van der Waals surface area contributed by atoms with E-state index >= 15 is 0 Å². The zero-order valence-electron chi connectivity index (χ0n) is 67.7. The summed E-state index contributed by atoms with van der Waals surface area (Å²) in [6, 6.07) is 43.0. The number of hydrogen-bond donors (Lipinski definition) is 7. The highest BCUT2D eigenvalue weighted by Crippen LogP contribution is 2.36. The van der Waals surface area contributed by atoms with Crippen molar-refractivity contribution < 1.29 is 56.1 Å². The number of anilines is 3. The molecule has 0 radical (unpaired) electrons. The predicted octanol–water partition coefficient (Wildman–Crippen LogP) is 16.8. The summed E-state index contributed by atoms with van der Waals surface area (Å²) in [5.74, 6) is 18.7. The van der Waals surface area contributed by atoms with Crippen LogP contribution in [0.4, 0.5) is 17.1 Å². The van der Waals surface area contributed by atoms with Gasteiger partial charge in [0.05, 0.1) is 28.3 Å². The summed E-state index contributed by atoms with van der Waals surface area (Å²) < 4.78 is 59.6. The first-order chi connectivity index (χ1) is 56.3. The molecule has 14 rings (SSSR count). The Kier molecular flexibility index (Phi) is 35.9. The molecular weight excluding hydrogens is 1690 g/mol. The van der Waals surface area contributed by atoms with E-state index in [1.165, 1.54) is 10.4 Å². The lowest BCUT2D eigenvalue weighted by atomic mass is 10.0. The largest absolute Gasteiger partial charge is 0.507 e. The number of rotatable bonds is 14. The summed E-state index contributed by atoms with van der Waals surface area (Å²) >= 11 is 2.27. The van der Waals surface area contributed by atoms with Crippen LogP contribution in [0.2, 0.25) is 0 Å². The molecule has 31 heteroatoms. The van der Waals surface area contributed by atoms with E-state index in [2.05, 4.69) is 72.1 Å². The summed E-state index contributed by atoms with van der Waals surface area (Å²) in [4.78, 5) is 53.0. The van der Waals surface area contributed by atoms with Crippen LogP contribution in [0.25, 0.3) is 33.8 Å². The normalized spacial score (nSPS) is 14.9. The average molecular weight is 1790 g/mol. The van der Waals surface area contributed by atoms with Gasteiger partial charge in [-0.25, -0.2) is 16.8 Å². The summed E-state index contributed by atoms with van der Waals surface area (Å²) in [5, 5.41) is 59.9. The van der Waals surface area contributed by atoms with Gasteiger partial charge >= 0.3 is 0 Å². The smallest absolute Gasteiger partial charge is 0.270 e. The number of phenols is 3. The average Bonchev–Trinajstić information content (AvgIpc) is 1.26. The van der Waals surface area contributed by atoms with Crippen molar-refractivity contribution in [2.24, 2.45) is 21.1 Å². The van der Waals surface area contributed by atoms with E-state index in [-0.39, 0.29) is 102 Å². The lowest BCUT2D eigenvalue weighted by Gasteiger charge is -2.35. The minimum atomic E-state index is -3.72. The van der Waals surface area contributed by atoms with Gasteiger partial charge in [-0.15, -0.1) is 47.5 Å². The second kappa shape index (κ2) is 44.7. The molecule has 3 saturated heterocycles. The Morgan fingerprint density at radius 3 is 1.25 bits per heavy atom. The molecule has 5 aromatic heterocycles. The third-order valence-electron chi connectivity index (χ3n) is 19.1. The number of amides is 4. The second-order valence-corrected chi connectivity index (χ2v) is 36.4. The van der Waals surface area contributed by atoms with E-state index in [0.717, 1.165) is 119 Å². The zero-order valence-corrected chi connectivity index (χ0v) is 73.3. The third-order valence-corrected chi connectivity index (χ3v) is 25.4. The number of sulfonamides is 1. The molecule has 11 aromatic rings. The summed E-state index contributed by atoms with van der Waals surface area (Å²) in [6.07, 6.45) is 12.9. The number of benzene rings is 6. The molecule has 0 saturated carbocycles. The maximum atomic E-state index is 13.1. The van der Waals surface area contributed by atoms with Crippen molar-refractivity contribution >= 4 is 118 Å². The minimum absolute atomic E-state index is 0. The monoisotopic (exact) mass is 1790 g/mol. The molecule has 7 N–H and O–H groups in total. The van der Waals surface area contributed by atoms with E-state index in [4.69, 9.17) is 15.4 Å². The summed E-state index contributed by atoms with van der Waals surface area (Å²) in [6.45, 7) is 13.3. The van der Waals surface area contributed by atoms with Crippen LogP contribution in [0.3, 0.4) is 0 Å². The molecule has 3 aliphatic rings. The molecule has 122 heavy (non-hydrogen) atoms. The van der Waals surface area contributed by atoms with Crippen LogP contribution in [0.15, 0.2) is 189 Å². The number of piperidine rings is 3. The van der Waals surface area contributed by atoms with Crippen molar-refractivity contribution in [2.45, 2.75) is 146 Å². The highest BCUT2D eigenvalue weighted by molar-refractivity contribution is 8.15. The molecule has 3 fully saturated rings. The molecule has 3 aliphatic heterocycles. The van der Waals surface area contributed by atoms with Gasteiger partial charge in [0.15, 0.2) is 0 Å². The lowest BCUT2D eigenvalue weighted by Crippen LogP contribution is -2.51. The van der Waals surface area contributed by atoms with Gasteiger partial charge in [-0.1, -0.05) is 110 Å². The number of phenolic OH excluding ortho intramolecular Hbond substituents is 3. The molecule has 0 aliphatic carbocycles. The molecule has 0 spiro atoms. The van der Waals surface area contributed by atoms with Crippen LogP contribution >= 0.6 is 58.2 Å². The molecule has 0 bridgehead atoms. The fourth-order valence-electron chi connectivity index (χ4n) is 13.2. The first-order valence-corrected chi connectivity index (χ1v) is 43.8. The van der Waals surface area contributed by atoms with E-state index in [1.807, 2.05) is 141 Å².